The van der Waals surface area contributed by atoms with Crippen molar-refractivity contribution in [1.29, 1.82) is 0 Å². The topological polar surface area (TPSA) is 76.1 Å². The van der Waals surface area contributed by atoms with Crippen LogP contribution in [0.15, 0.2) is 60.8 Å². The van der Waals surface area contributed by atoms with Crippen LogP contribution in [0.4, 0.5) is 27.5 Å². The molecule has 7 heteroatoms. The summed E-state index contributed by atoms with van der Waals surface area (Å²) in [4.78, 5) is 20.1. The van der Waals surface area contributed by atoms with Crippen LogP contribution in [0.3, 0.4) is 0 Å². The first-order valence-electron chi connectivity index (χ1n) is 7.45. The van der Waals surface area contributed by atoms with Crippen LogP contribution in [0.2, 0.25) is 0 Å². The third kappa shape index (κ3) is 4.29. The summed E-state index contributed by atoms with van der Waals surface area (Å²) >= 11 is 0. The number of hydrogen-bond donors (Lipinski definition) is 2. The van der Waals surface area contributed by atoms with Crippen molar-refractivity contribution < 1.29 is 13.9 Å². The van der Waals surface area contributed by atoms with Gasteiger partial charge in [0.15, 0.2) is 0 Å². The summed E-state index contributed by atoms with van der Waals surface area (Å²) in [6, 6.07) is 14.5. The monoisotopic (exact) mass is 338 g/mol. The molecule has 0 amide bonds. The maximum Gasteiger partial charge on any atom is 0.337 e. The number of methoxy groups -OCH3 is 1. The van der Waals surface area contributed by atoms with Gasteiger partial charge < -0.3 is 15.4 Å². The Morgan fingerprint density at radius 3 is 2.60 bits per heavy atom. The number of nitrogens with one attached hydrogen (secondary N) is 2. The number of carbonyl (C=O) groups is 1. The van der Waals surface area contributed by atoms with Gasteiger partial charge in [0, 0.05) is 17.6 Å². The molecule has 3 rings (SSSR count). The number of halogens is 1. The number of ether oxygens (including phenoxy) is 1. The molecule has 0 fully saturated rings. The second-order valence-corrected chi connectivity index (χ2v) is 5.09. The molecule has 1 heterocycles. The Balaban J connectivity index is 1.75. The van der Waals surface area contributed by atoms with E-state index in [1.807, 2.05) is 6.07 Å². The summed E-state index contributed by atoms with van der Waals surface area (Å²) < 4.78 is 17.7. The number of anilines is 4. The van der Waals surface area contributed by atoms with Crippen LogP contribution in [-0.2, 0) is 4.74 Å². The molecule has 0 bridgehead atoms. The summed E-state index contributed by atoms with van der Waals surface area (Å²) in [7, 11) is 1.33. The van der Waals surface area contributed by atoms with Crippen LogP contribution in [0.5, 0.6) is 0 Å². The first-order valence-corrected chi connectivity index (χ1v) is 7.45. The third-order valence-electron chi connectivity index (χ3n) is 3.31. The lowest BCUT2D eigenvalue weighted by atomic mass is 10.2. The van der Waals surface area contributed by atoms with Crippen molar-refractivity contribution in [3.63, 3.8) is 0 Å². The molecular weight excluding hydrogens is 323 g/mol. The van der Waals surface area contributed by atoms with E-state index >= 15 is 0 Å². The zero-order valence-electron chi connectivity index (χ0n) is 13.4. The van der Waals surface area contributed by atoms with Crippen molar-refractivity contribution >= 4 is 29.1 Å². The van der Waals surface area contributed by atoms with Crippen molar-refractivity contribution in [2.24, 2.45) is 0 Å². The van der Waals surface area contributed by atoms with E-state index in [2.05, 4.69) is 20.6 Å². The van der Waals surface area contributed by atoms with Gasteiger partial charge in [-0.05, 0) is 48.5 Å². The van der Waals surface area contributed by atoms with E-state index in [0.29, 0.717) is 28.7 Å². The molecule has 6 nitrogen and oxygen atoms in total. The fraction of sp³-hybridized carbons (Fsp3) is 0.0556. The molecule has 2 N–H and O–H groups in total. The molecule has 0 radical (unpaired) electrons. The van der Waals surface area contributed by atoms with Crippen LogP contribution in [0.1, 0.15) is 10.4 Å². The average molecular weight is 338 g/mol. The maximum atomic E-state index is 12.9. The summed E-state index contributed by atoms with van der Waals surface area (Å²) in [6.45, 7) is 0. The summed E-state index contributed by atoms with van der Waals surface area (Å²) in [6.07, 6.45) is 1.59. The van der Waals surface area contributed by atoms with E-state index in [-0.39, 0.29) is 5.82 Å². The van der Waals surface area contributed by atoms with Crippen LogP contribution >= 0.6 is 0 Å². The van der Waals surface area contributed by atoms with Gasteiger partial charge in [0.2, 0.25) is 5.95 Å². The van der Waals surface area contributed by atoms with Crippen LogP contribution in [0.25, 0.3) is 0 Å². The molecule has 0 atom stereocenters. The van der Waals surface area contributed by atoms with E-state index < -0.39 is 5.97 Å². The minimum absolute atomic E-state index is 0.313. The molecule has 3 aromatic rings. The number of benzene rings is 2. The lowest BCUT2D eigenvalue weighted by Crippen LogP contribution is -2.03. The van der Waals surface area contributed by atoms with Crippen molar-refractivity contribution in [1.82, 2.24) is 9.97 Å². The largest absolute Gasteiger partial charge is 0.465 e. The zero-order chi connectivity index (χ0) is 17.6. The molecule has 0 aliphatic carbocycles. The predicted octanol–water partition coefficient (Wildman–Crippen LogP) is 3.89. The molecule has 1 aromatic heterocycles. The van der Waals surface area contributed by atoms with Gasteiger partial charge in [-0.2, -0.15) is 4.98 Å². The second kappa shape index (κ2) is 7.39. The Kier molecular flexibility index (Phi) is 4.84. The quantitative estimate of drug-likeness (QED) is 0.687. The molecule has 0 saturated carbocycles. The number of carbonyl (C=O) groups excluding carboxylic acids is 1. The zero-order valence-corrected chi connectivity index (χ0v) is 13.4. The molecule has 0 saturated heterocycles. The summed E-state index contributed by atoms with van der Waals surface area (Å²) in [5.74, 6) is 0.180. The van der Waals surface area contributed by atoms with Crippen LogP contribution in [-0.4, -0.2) is 23.0 Å². The summed E-state index contributed by atoms with van der Waals surface area (Å²) in [5, 5.41) is 6.09. The Morgan fingerprint density at radius 2 is 1.84 bits per heavy atom. The standard InChI is InChI=1S/C18H15FN4O2/c1-25-17(24)12-3-2-4-15(11-12)21-16-9-10-20-18(23-16)22-14-7-5-13(19)6-8-14/h2-11H,1H3,(H2,20,21,22,23). The minimum atomic E-state index is -0.412. The first kappa shape index (κ1) is 16.4. The minimum Gasteiger partial charge on any atom is -0.465 e. The lowest BCUT2D eigenvalue weighted by molar-refractivity contribution is 0.0601. The van der Waals surface area contributed by atoms with Crippen LogP contribution in [0, 0.1) is 5.82 Å². The highest BCUT2D eigenvalue weighted by Crippen LogP contribution is 2.19. The smallest absolute Gasteiger partial charge is 0.337 e. The number of nitrogens with zero attached hydrogens (tertiary/aromatic N) is 2. The molecule has 2 aromatic carbocycles. The van der Waals surface area contributed by atoms with Gasteiger partial charge in [-0.3, -0.25) is 0 Å². The number of rotatable bonds is 5. The van der Waals surface area contributed by atoms with Gasteiger partial charge >= 0.3 is 5.97 Å². The fourth-order valence-corrected chi connectivity index (χ4v) is 2.14. The number of aromatic nitrogens is 2. The highest BCUT2D eigenvalue weighted by atomic mass is 19.1. The Labute approximate surface area is 143 Å². The Morgan fingerprint density at radius 1 is 1.04 bits per heavy atom. The molecule has 0 spiro atoms. The van der Waals surface area contributed by atoms with Gasteiger partial charge in [0.1, 0.15) is 11.6 Å². The van der Waals surface area contributed by atoms with Gasteiger partial charge in [0.25, 0.3) is 0 Å². The lowest BCUT2D eigenvalue weighted by Gasteiger charge is -2.09. The van der Waals surface area contributed by atoms with Crippen molar-refractivity contribution in [2.75, 3.05) is 17.7 Å². The molecule has 25 heavy (non-hydrogen) atoms. The predicted molar refractivity (Wildman–Crippen MR) is 92.8 cm³/mol. The van der Waals surface area contributed by atoms with Crippen molar-refractivity contribution in [3.8, 4) is 0 Å². The highest BCUT2D eigenvalue weighted by molar-refractivity contribution is 5.90. The fourth-order valence-electron chi connectivity index (χ4n) is 2.14. The molecule has 126 valence electrons. The molecule has 0 aliphatic rings. The molecular formula is C18H15FN4O2. The first-order chi connectivity index (χ1) is 12.1. The SMILES string of the molecule is COC(=O)c1cccc(Nc2ccnc(Nc3ccc(F)cc3)n2)c1. The van der Waals surface area contributed by atoms with Crippen molar-refractivity contribution in [2.45, 2.75) is 0 Å². The second-order valence-electron chi connectivity index (χ2n) is 5.09. The van der Waals surface area contributed by atoms with Crippen molar-refractivity contribution in [3.05, 3.63) is 72.2 Å². The van der Waals surface area contributed by atoms with E-state index in [1.165, 1.54) is 19.2 Å². The third-order valence-corrected chi connectivity index (χ3v) is 3.31. The van der Waals surface area contributed by atoms with Gasteiger partial charge in [-0.1, -0.05) is 6.07 Å². The highest BCUT2D eigenvalue weighted by Gasteiger charge is 2.06. The number of hydrogen-bond acceptors (Lipinski definition) is 6. The van der Waals surface area contributed by atoms with Crippen LogP contribution < -0.4 is 10.6 Å². The number of esters is 1. The van der Waals surface area contributed by atoms with Gasteiger partial charge in [0.05, 0.1) is 12.7 Å². The van der Waals surface area contributed by atoms with E-state index in [9.17, 15) is 9.18 Å². The van der Waals surface area contributed by atoms with E-state index in [4.69, 9.17) is 4.74 Å². The van der Waals surface area contributed by atoms with Gasteiger partial charge in [-0.25, -0.2) is 14.2 Å². The molecule has 0 unspecified atom stereocenters. The Hall–Kier alpha value is -3.48. The molecule has 0 aliphatic heterocycles. The van der Waals surface area contributed by atoms with E-state index in [1.54, 1.807) is 42.6 Å². The summed E-state index contributed by atoms with van der Waals surface area (Å²) in [5.41, 5.74) is 1.80. The Bertz CT molecular complexity index is 884. The van der Waals surface area contributed by atoms with Gasteiger partial charge in [-0.15, -0.1) is 0 Å². The maximum absolute atomic E-state index is 12.9. The van der Waals surface area contributed by atoms with E-state index in [0.717, 1.165) is 0 Å². The normalized spacial score (nSPS) is 10.2. The average Bonchev–Trinajstić information content (AvgIpc) is 2.63.